The molecule has 1 amide bonds. The van der Waals surface area contributed by atoms with E-state index in [-0.39, 0.29) is 17.2 Å². The quantitative estimate of drug-likeness (QED) is 0.904. The van der Waals surface area contributed by atoms with E-state index in [1.54, 1.807) is 10.6 Å². The Morgan fingerprint density at radius 2 is 2.40 bits per heavy atom. The van der Waals surface area contributed by atoms with Crippen LogP contribution < -0.4 is 15.6 Å². The Morgan fingerprint density at radius 3 is 3.10 bits per heavy atom. The fraction of sp³-hybridized carbons (Fsp3) is 0.308. The summed E-state index contributed by atoms with van der Waals surface area (Å²) in [5, 5.41) is 6.25. The Labute approximate surface area is 114 Å². The number of ether oxygens (including phenoxy) is 1. The molecule has 0 bridgehead atoms. The van der Waals surface area contributed by atoms with Gasteiger partial charge in [-0.25, -0.2) is 0 Å². The number of carbonyl (C=O) groups is 1. The van der Waals surface area contributed by atoms with Crippen molar-refractivity contribution in [3.8, 4) is 5.75 Å². The maximum atomic E-state index is 12.4. The van der Waals surface area contributed by atoms with Gasteiger partial charge in [0.15, 0.2) is 5.82 Å². The average molecular weight is 275 g/mol. The predicted molar refractivity (Wildman–Crippen MR) is 70.0 cm³/mol. The van der Waals surface area contributed by atoms with E-state index in [1.165, 1.54) is 19.4 Å². The second kappa shape index (κ2) is 4.84. The third-order valence-corrected chi connectivity index (χ3v) is 3.30. The molecule has 1 N–H and O–H groups in total. The fourth-order valence-corrected chi connectivity index (χ4v) is 2.44. The van der Waals surface area contributed by atoms with Crippen molar-refractivity contribution in [2.24, 2.45) is 0 Å². The zero-order valence-electron chi connectivity index (χ0n) is 10.9. The van der Waals surface area contributed by atoms with Crippen molar-refractivity contribution in [3.05, 3.63) is 40.0 Å². The molecule has 3 rings (SSSR count). The minimum Gasteiger partial charge on any atom is -0.496 e. The summed E-state index contributed by atoms with van der Waals surface area (Å²) in [6.45, 7) is 0.627. The number of amides is 1. The number of methoxy groups -OCH3 is 1. The molecule has 0 spiro atoms. The van der Waals surface area contributed by atoms with E-state index in [4.69, 9.17) is 4.74 Å². The Kier molecular flexibility index (Phi) is 3.02. The molecule has 20 heavy (non-hydrogen) atoms. The molecule has 0 radical (unpaired) electrons. The van der Waals surface area contributed by atoms with Crippen LogP contribution in [0.15, 0.2) is 27.7 Å². The molecule has 0 saturated heterocycles. The number of nitrogens with zero attached hydrogens (tertiary/aromatic N) is 2. The largest absolute Gasteiger partial charge is 0.496 e. The molecular weight excluding hydrogens is 262 g/mol. The summed E-state index contributed by atoms with van der Waals surface area (Å²) in [5.41, 5.74) is 0.940. The Bertz CT molecular complexity index is 703. The van der Waals surface area contributed by atoms with E-state index >= 15 is 0 Å². The summed E-state index contributed by atoms with van der Waals surface area (Å²) < 4.78 is 11.5. The van der Waals surface area contributed by atoms with E-state index in [9.17, 15) is 9.59 Å². The summed E-state index contributed by atoms with van der Waals surface area (Å²) in [4.78, 5) is 24.3. The van der Waals surface area contributed by atoms with Crippen LogP contribution in [0.4, 0.5) is 5.82 Å². The van der Waals surface area contributed by atoms with Gasteiger partial charge >= 0.3 is 0 Å². The van der Waals surface area contributed by atoms with Crippen LogP contribution in [0.2, 0.25) is 0 Å². The summed E-state index contributed by atoms with van der Waals surface area (Å²) >= 11 is 0. The molecule has 1 aliphatic heterocycles. The van der Waals surface area contributed by atoms with Gasteiger partial charge < -0.3 is 19.1 Å². The third-order valence-electron chi connectivity index (χ3n) is 3.30. The first kappa shape index (κ1) is 12.5. The van der Waals surface area contributed by atoms with Crippen molar-refractivity contribution in [3.63, 3.8) is 0 Å². The molecule has 0 saturated carbocycles. The van der Waals surface area contributed by atoms with Crippen molar-refractivity contribution in [2.75, 3.05) is 12.4 Å². The molecule has 0 fully saturated rings. The first-order chi connectivity index (χ1) is 9.70. The van der Waals surface area contributed by atoms with Crippen LogP contribution in [0, 0.1) is 0 Å². The van der Waals surface area contributed by atoms with Crippen LogP contribution in [-0.2, 0) is 13.0 Å². The van der Waals surface area contributed by atoms with Gasteiger partial charge in [-0.05, 0) is 12.8 Å². The van der Waals surface area contributed by atoms with E-state index in [1.807, 2.05) is 0 Å². The lowest BCUT2D eigenvalue weighted by Gasteiger charge is -2.13. The summed E-state index contributed by atoms with van der Waals surface area (Å²) in [5.74, 6) is 0.241. The smallest absolute Gasteiger partial charge is 0.262 e. The van der Waals surface area contributed by atoms with Crippen LogP contribution in [0.25, 0.3) is 0 Å². The van der Waals surface area contributed by atoms with Crippen LogP contribution in [-0.4, -0.2) is 22.7 Å². The van der Waals surface area contributed by atoms with Crippen molar-refractivity contribution in [1.82, 2.24) is 9.72 Å². The summed E-state index contributed by atoms with van der Waals surface area (Å²) in [6, 6.07) is 2.88. The van der Waals surface area contributed by atoms with Gasteiger partial charge in [0.05, 0.1) is 7.11 Å². The van der Waals surface area contributed by atoms with Gasteiger partial charge in [0, 0.05) is 24.4 Å². The van der Waals surface area contributed by atoms with E-state index < -0.39 is 0 Å². The van der Waals surface area contributed by atoms with Gasteiger partial charge in [0.2, 0.25) is 0 Å². The molecule has 2 aromatic heterocycles. The van der Waals surface area contributed by atoms with Crippen molar-refractivity contribution in [2.45, 2.75) is 19.4 Å². The number of hydrogen-bond donors (Lipinski definition) is 1. The average Bonchev–Trinajstić information content (AvgIpc) is 3.09. The number of carbonyl (C=O) groups excluding carboxylic acids is 1. The van der Waals surface area contributed by atoms with E-state index in [0.717, 1.165) is 6.42 Å². The van der Waals surface area contributed by atoms with Gasteiger partial charge in [-0.3, -0.25) is 9.59 Å². The second-order valence-electron chi connectivity index (χ2n) is 4.47. The second-order valence-corrected chi connectivity index (χ2v) is 4.47. The molecule has 104 valence electrons. The minimum absolute atomic E-state index is 0.146. The molecule has 0 atom stereocenters. The maximum Gasteiger partial charge on any atom is 0.262 e. The van der Waals surface area contributed by atoms with Crippen LogP contribution in [0.5, 0.6) is 5.75 Å². The molecule has 0 aromatic carbocycles. The van der Waals surface area contributed by atoms with Crippen molar-refractivity contribution in [1.29, 1.82) is 0 Å². The van der Waals surface area contributed by atoms with Crippen LogP contribution in [0.1, 0.15) is 22.5 Å². The SMILES string of the molecule is COc1cc(=O)n2c(c1C(=O)Nc1ccon1)CCC2. The highest BCUT2D eigenvalue weighted by Gasteiger charge is 2.25. The Morgan fingerprint density at radius 1 is 1.55 bits per heavy atom. The lowest BCUT2D eigenvalue weighted by atomic mass is 10.1. The normalized spacial score (nSPS) is 13.1. The molecule has 7 heteroatoms. The molecule has 3 heterocycles. The third kappa shape index (κ3) is 1.97. The number of hydrogen-bond acceptors (Lipinski definition) is 5. The first-order valence-electron chi connectivity index (χ1n) is 6.23. The monoisotopic (exact) mass is 275 g/mol. The highest BCUT2D eigenvalue weighted by molar-refractivity contribution is 6.06. The number of nitrogens with one attached hydrogen (secondary N) is 1. The number of fused-ring (bicyclic) bond motifs is 1. The van der Waals surface area contributed by atoms with Crippen molar-refractivity contribution >= 4 is 11.7 Å². The first-order valence-corrected chi connectivity index (χ1v) is 6.23. The minimum atomic E-state index is -0.360. The molecule has 2 aromatic rings. The van der Waals surface area contributed by atoms with E-state index in [0.29, 0.717) is 30.0 Å². The molecular formula is C13H13N3O4. The van der Waals surface area contributed by atoms with Gasteiger partial charge in [-0.2, -0.15) is 0 Å². The Hall–Kier alpha value is -2.57. The lowest BCUT2D eigenvalue weighted by Crippen LogP contribution is -2.24. The Balaban J connectivity index is 2.06. The molecule has 0 unspecified atom stereocenters. The number of anilines is 1. The van der Waals surface area contributed by atoms with Gasteiger partial charge in [-0.15, -0.1) is 0 Å². The van der Waals surface area contributed by atoms with Gasteiger partial charge in [0.25, 0.3) is 11.5 Å². The van der Waals surface area contributed by atoms with Gasteiger partial charge in [-0.1, -0.05) is 5.16 Å². The maximum absolute atomic E-state index is 12.4. The van der Waals surface area contributed by atoms with Crippen LogP contribution >= 0.6 is 0 Å². The summed E-state index contributed by atoms with van der Waals surface area (Å²) in [7, 11) is 1.44. The standard InChI is InChI=1S/C13H13N3O4/c1-19-9-7-11(17)16-5-2-3-8(16)12(9)13(18)14-10-4-6-20-15-10/h4,6-7H,2-3,5H2,1H3,(H,14,15,18). The number of pyridine rings is 1. The predicted octanol–water partition coefficient (Wildman–Crippen LogP) is 1.04. The lowest BCUT2D eigenvalue weighted by molar-refractivity contribution is 0.102. The molecule has 7 nitrogen and oxygen atoms in total. The van der Waals surface area contributed by atoms with Crippen molar-refractivity contribution < 1.29 is 14.1 Å². The molecule has 0 aliphatic carbocycles. The highest BCUT2D eigenvalue weighted by atomic mass is 16.5. The molecule has 1 aliphatic rings. The number of rotatable bonds is 3. The fourth-order valence-electron chi connectivity index (χ4n) is 2.44. The highest BCUT2D eigenvalue weighted by Crippen LogP contribution is 2.26. The number of aromatic nitrogens is 2. The van der Waals surface area contributed by atoms with E-state index in [2.05, 4.69) is 15.0 Å². The zero-order chi connectivity index (χ0) is 14.1. The van der Waals surface area contributed by atoms with Gasteiger partial charge in [0.1, 0.15) is 17.6 Å². The summed E-state index contributed by atoms with van der Waals surface area (Å²) in [6.07, 6.45) is 2.88. The van der Waals surface area contributed by atoms with Crippen LogP contribution in [0.3, 0.4) is 0 Å². The topological polar surface area (TPSA) is 86.4 Å². The zero-order valence-corrected chi connectivity index (χ0v) is 10.9.